The van der Waals surface area contributed by atoms with Crippen LogP contribution in [0.2, 0.25) is 0 Å². The van der Waals surface area contributed by atoms with E-state index in [-0.39, 0.29) is 0 Å². The molecule has 0 spiro atoms. The van der Waals surface area contributed by atoms with Gasteiger partial charge in [0, 0.05) is 31.3 Å². The molecule has 1 saturated heterocycles. The summed E-state index contributed by atoms with van der Waals surface area (Å²) in [4.78, 5) is 0. The van der Waals surface area contributed by atoms with Crippen LogP contribution in [0.3, 0.4) is 0 Å². The number of hydrogen-bond acceptors (Lipinski definition) is 3. The number of nitrogens with zero attached hydrogens (tertiary/aromatic N) is 2. The Morgan fingerprint density at radius 2 is 2.37 bits per heavy atom. The topological polar surface area (TPSA) is 39.1 Å². The zero-order valence-electron chi connectivity index (χ0n) is 12.5. The van der Waals surface area contributed by atoms with Crippen molar-refractivity contribution in [2.45, 2.75) is 64.6 Å². The molecule has 2 heterocycles. The molecule has 108 valence electrons. The molecule has 0 saturated carbocycles. The molecule has 1 aliphatic heterocycles. The highest BCUT2D eigenvalue weighted by molar-refractivity contribution is 5.12. The van der Waals surface area contributed by atoms with Gasteiger partial charge in [0.05, 0.1) is 11.8 Å². The van der Waals surface area contributed by atoms with E-state index in [4.69, 9.17) is 4.74 Å². The van der Waals surface area contributed by atoms with E-state index in [1.807, 2.05) is 7.05 Å². The van der Waals surface area contributed by atoms with Gasteiger partial charge in [-0.2, -0.15) is 5.10 Å². The lowest BCUT2D eigenvalue weighted by Gasteiger charge is -2.20. The molecule has 0 amide bonds. The Morgan fingerprint density at radius 1 is 1.53 bits per heavy atom. The van der Waals surface area contributed by atoms with Crippen LogP contribution in [0.15, 0.2) is 6.07 Å². The highest BCUT2D eigenvalue weighted by Crippen LogP contribution is 2.19. The molecule has 4 nitrogen and oxygen atoms in total. The predicted octanol–water partition coefficient (Wildman–Crippen LogP) is 2.17. The van der Waals surface area contributed by atoms with Gasteiger partial charge in [0.15, 0.2) is 0 Å². The number of nitrogens with one attached hydrogen (secondary N) is 1. The Balaban J connectivity index is 1.98. The smallest absolute Gasteiger partial charge is 0.0624 e. The van der Waals surface area contributed by atoms with Crippen molar-refractivity contribution in [3.05, 3.63) is 17.5 Å². The van der Waals surface area contributed by atoms with Gasteiger partial charge in [0.2, 0.25) is 0 Å². The molecule has 19 heavy (non-hydrogen) atoms. The van der Waals surface area contributed by atoms with Gasteiger partial charge in [0.1, 0.15) is 0 Å². The third-order valence-corrected chi connectivity index (χ3v) is 4.01. The maximum atomic E-state index is 5.74. The SMILES string of the molecule is CCc1cc(CC(CC2CCCO2)NC)n(CC)n1. The van der Waals surface area contributed by atoms with Crippen molar-refractivity contribution in [2.75, 3.05) is 13.7 Å². The van der Waals surface area contributed by atoms with E-state index in [0.29, 0.717) is 12.1 Å². The Kier molecular flexibility index (Phi) is 5.40. The number of hydrogen-bond donors (Lipinski definition) is 1. The zero-order chi connectivity index (χ0) is 13.7. The summed E-state index contributed by atoms with van der Waals surface area (Å²) in [6.07, 6.45) is 6.03. The fourth-order valence-electron chi connectivity index (χ4n) is 2.83. The molecule has 0 bridgehead atoms. The first kappa shape index (κ1) is 14.5. The average molecular weight is 265 g/mol. The second-order valence-electron chi connectivity index (χ2n) is 5.36. The molecule has 2 unspecified atom stereocenters. The molecule has 2 atom stereocenters. The minimum Gasteiger partial charge on any atom is -0.378 e. The van der Waals surface area contributed by atoms with Crippen LogP contribution in [0, 0.1) is 0 Å². The van der Waals surface area contributed by atoms with Crippen LogP contribution < -0.4 is 5.32 Å². The Bertz CT molecular complexity index is 383. The highest BCUT2D eigenvalue weighted by atomic mass is 16.5. The van der Waals surface area contributed by atoms with Gasteiger partial charge in [-0.05, 0) is 45.7 Å². The van der Waals surface area contributed by atoms with Crippen LogP contribution in [0.1, 0.15) is 44.5 Å². The fraction of sp³-hybridized carbons (Fsp3) is 0.800. The lowest BCUT2D eigenvalue weighted by atomic mass is 10.0. The van der Waals surface area contributed by atoms with Crippen LogP contribution in [-0.2, 0) is 24.1 Å². The molecule has 1 aliphatic rings. The van der Waals surface area contributed by atoms with Crippen LogP contribution >= 0.6 is 0 Å². The Morgan fingerprint density at radius 3 is 2.95 bits per heavy atom. The molecule has 0 radical (unpaired) electrons. The van der Waals surface area contributed by atoms with Crippen LogP contribution in [-0.4, -0.2) is 35.6 Å². The van der Waals surface area contributed by atoms with E-state index < -0.39 is 0 Å². The minimum atomic E-state index is 0.445. The van der Waals surface area contributed by atoms with Crippen molar-refractivity contribution in [3.63, 3.8) is 0 Å². The molecule has 1 N–H and O–H groups in total. The van der Waals surface area contributed by atoms with Crippen molar-refractivity contribution < 1.29 is 4.74 Å². The van der Waals surface area contributed by atoms with E-state index in [0.717, 1.165) is 32.4 Å². The first-order chi connectivity index (χ1) is 9.26. The quantitative estimate of drug-likeness (QED) is 0.821. The summed E-state index contributed by atoms with van der Waals surface area (Å²) in [7, 11) is 2.05. The first-order valence-corrected chi connectivity index (χ1v) is 7.61. The van der Waals surface area contributed by atoms with Gasteiger partial charge in [-0.3, -0.25) is 4.68 Å². The Hall–Kier alpha value is -0.870. The van der Waals surface area contributed by atoms with E-state index in [1.54, 1.807) is 0 Å². The predicted molar refractivity (Wildman–Crippen MR) is 77.4 cm³/mol. The zero-order valence-corrected chi connectivity index (χ0v) is 12.5. The molecule has 2 rings (SSSR count). The van der Waals surface area contributed by atoms with Crippen LogP contribution in [0.5, 0.6) is 0 Å². The second kappa shape index (κ2) is 7.06. The summed E-state index contributed by atoms with van der Waals surface area (Å²) >= 11 is 0. The second-order valence-corrected chi connectivity index (χ2v) is 5.36. The van der Waals surface area contributed by atoms with Gasteiger partial charge < -0.3 is 10.1 Å². The maximum absolute atomic E-state index is 5.74. The molecule has 0 aromatic carbocycles. The van der Waals surface area contributed by atoms with E-state index in [2.05, 4.69) is 35.0 Å². The molecule has 1 aromatic rings. The molecule has 1 fully saturated rings. The van der Waals surface area contributed by atoms with Crippen molar-refractivity contribution >= 4 is 0 Å². The van der Waals surface area contributed by atoms with Crippen molar-refractivity contribution in [1.29, 1.82) is 0 Å². The summed E-state index contributed by atoms with van der Waals surface area (Å²) in [6, 6.07) is 2.73. The Labute approximate surface area is 116 Å². The third kappa shape index (κ3) is 3.80. The van der Waals surface area contributed by atoms with Crippen molar-refractivity contribution in [2.24, 2.45) is 0 Å². The molecular weight excluding hydrogens is 238 g/mol. The number of ether oxygens (including phenoxy) is 1. The normalized spacial score (nSPS) is 20.9. The fourth-order valence-corrected chi connectivity index (χ4v) is 2.83. The summed E-state index contributed by atoms with van der Waals surface area (Å²) < 4.78 is 7.88. The largest absolute Gasteiger partial charge is 0.378 e. The van der Waals surface area contributed by atoms with Gasteiger partial charge in [0.25, 0.3) is 0 Å². The van der Waals surface area contributed by atoms with Gasteiger partial charge in [-0.25, -0.2) is 0 Å². The van der Waals surface area contributed by atoms with Crippen molar-refractivity contribution in [3.8, 4) is 0 Å². The lowest BCUT2D eigenvalue weighted by molar-refractivity contribution is 0.0952. The lowest BCUT2D eigenvalue weighted by Crippen LogP contribution is -2.32. The minimum absolute atomic E-state index is 0.445. The first-order valence-electron chi connectivity index (χ1n) is 7.61. The van der Waals surface area contributed by atoms with E-state index in [9.17, 15) is 0 Å². The summed E-state index contributed by atoms with van der Waals surface area (Å²) in [5.41, 5.74) is 2.54. The van der Waals surface area contributed by atoms with Crippen LogP contribution in [0.4, 0.5) is 0 Å². The van der Waals surface area contributed by atoms with Crippen molar-refractivity contribution in [1.82, 2.24) is 15.1 Å². The van der Waals surface area contributed by atoms with E-state index >= 15 is 0 Å². The van der Waals surface area contributed by atoms with Crippen LogP contribution in [0.25, 0.3) is 0 Å². The molecule has 4 heteroatoms. The van der Waals surface area contributed by atoms with Gasteiger partial charge in [-0.15, -0.1) is 0 Å². The summed E-state index contributed by atoms with van der Waals surface area (Å²) in [6.45, 7) is 6.21. The monoisotopic (exact) mass is 265 g/mol. The molecule has 1 aromatic heterocycles. The third-order valence-electron chi connectivity index (χ3n) is 4.01. The molecular formula is C15H27N3O. The number of aryl methyl sites for hydroxylation is 2. The summed E-state index contributed by atoms with van der Waals surface area (Å²) in [5.74, 6) is 0. The van der Waals surface area contributed by atoms with Gasteiger partial charge >= 0.3 is 0 Å². The average Bonchev–Trinajstić information content (AvgIpc) is 3.06. The van der Waals surface area contributed by atoms with Gasteiger partial charge in [-0.1, -0.05) is 6.92 Å². The molecule has 0 aliphatic carbocycles. The summed E-state index contributed by atoms with van der Waals surface area (Å²) in [5, 5.41) is 8.06. The number of rotatable bonds is 7. The highest BCUT2D eigenvalue weighted by Gasteiger charge is 2.21. The number of aromatic nitrogens is 2. The standard InChI is InChI=1S/C15H27N3O/c1-4-12-9-14(18(5-2)17-12)10-13(16-3)11-15-7-6-8-19-15/h9,13,15-16H,4-8,10-11H2,1-3H3. The maximum Gasteiger partial charge on any atom is 0.0624 e. The van der Waals surface area contributed by atoms with E-state index in [1.165, 1.54) is 24.2 Å². The number of likely N-dealkylation sites (N-methyl/N-ethyl adjacent to an activating group) is 1.